The first-order chi connectivity index (χ1) is 12.9. The Kier molecular flexibility index (Phi) is 5.77. The third kappa shape index (κ3) is 4.28. The fourth-order valence-electron chi connectivity index (χ4n) is 4.14. The first-order valence-electron chi connectivity index (χ1n) is 9.73. The van der Waals surface area contributed by atoms with E-state index in [0.29, 0.717) is 30.0 Å². The van der Waals surface area contributed by atoms with Crippen molar-refractivity contribution in [3.63, 3.8) is 0 Å². The summed E-state index contributed by atoms with van der Waals surface area (Å²) in [6.07, 6.45) is 5.69. The highest BCUT2D eigenvalue weighted by atomic mass is 16.6. The average Bonchev–Trinajstić information content (AvgIpc) is 3.12. The van der Waals surface area contributed by atoms with E-state index in [0.717, 1.165) is 32.1 Å². The summed E-state index contributed by atoms with van der Waals surface area (Å²) in [4.78, 5) is 37.8. The average molecular weight is 373 g/mol. The van der Waals surface area contributed by atoms with Crippen LogP contribution in [-0.2, 0) is 4.79 Å². The van der Waals surface area contributed by atoms with Gasteiger partial charge in [-0.2, -0.15) is 0 Å². The second-order valence-electron chi connectivity index (χ2n) is 7.88. The minimum Gasteiger partial charge on any atom is -0.352 e. The molecule has 1 N–H and O–H groups in total. The van der Waals surface area contributed by atoms with Gasteiger partial charge in [0.05, 0.1) is 4.92 Å². The zero-order valence-corrected chi connectivity index (χ0v) is 15.9. The van der Waals surface area contributed by atoms with Crippen LogP contribution in [0, 0.1) is 23.0 Å². The number of carbonyl (C=O) groups excluding carboxylic acids is 2. The number of nitrogens with zero attached hydrogens (tertiary/aromatic N) is 2. The molecule has 146 valence electrons. The number of hydrogen-bond donors (Lipinski definition) is 1. The SMILES string of the molecule is Cc1cc(C(=O)N2CCCC2C(=O)NC2CCC(C)CC2)ccc1[N+](=O)[O-]. The lowest BCUT2D eigenvalue weighted by Crippen LogP contribution is -2.49. The number of nitro groups is 1. The van der Waals surface area contributed by atoms with Crippen molar-refractivity contribution in [1.29, 1.82) is 0 Å². The Morgan fingerprint density at radius 1 is 1.19 bits per heavy atom. The fraction of sp³-hybridized carbons (Fsp3) is 0.600. The van der Waals surface area contributed by atoms with Gasteiger partial charge in [0.1, 0.15) is 6.04 Å². The minimum absolute atomic E-state index is 0.00575. The standard InChI is InChI=1S/C20H27N3O4/c1-13-5-8-16(9-6-13)21-19(24)18-4-3-11-22(18)20(25)15-7-10-17(23(26)27)14(2)12-15/h7,10,12-13,16,18H,3-6,8-9,11H2,1-2H3,(H,21,24). The van der Waals surface area contributed by atoms with Crippen LogP contribution in [-0.4, -0.2) is 40.3 Å². The van der Waals surface area contributed by atoms with E-state index in [2.05, 4.69) is 12.2 Å². The highest BCUT2D eigenvalue weighted by Gasteiger charge is 2.36. The summed E-state index contributed by atoms with van der Waals surface area (Å²) in [6.45, 7) is 4.39. The summed E-state index contributed by atoms with van der Waals surface area (Å²) in [5.41, 5.74) is 0.834. The first kappa shape index (κ1) is 19.3. The van der Waals surface area contributed by atoms with E-state index in [1.54, 1.807) is 11.8 Å². The van der Waals surface area contributed by atoms with Crippen molar-refractivity contribution < 1.29 is 14.5 Å². The number of aryl methyl sites for hydroxylation is 1. The van der Waals surface area contributed by atoms with Crippen LogP contribution in [0.25, 0.3) is 0 Å². The van der Waals surface area contributed by atoms with Crippen molar-refractivity contribution in [3.8, 4) is 0 Å². The smallest absolute Gasteiger partial charge is 0.272 e. The predicted octanol–water partition coefficient (Wildman–Crippen LogP) is 3.20. The minimum atomic E-state index is -0.458. The fourth-order valence-corrected chi connectivity index (χ4v) is 4.14. The van der Waals surface area contributed by atoms with Gasteiger partial charge in [-0.1, -0.05) is 6.92 Å². The molecular formula is C20H27N3O4. The quantitative estimate of drug-likeness (QED) is 0.648. The van der Waals surface area contributed by atoms with Crippen LogP contribution >= 0.6 is 0 Å². The molecule has 1 unspecified atom stereocenters. The molecule has 0 aromatic heterocycles. The number of benzene rings is 1. The Bertz CT molecular complexity index is 741. The van der Waals surface area contributed by atoms with Gasteiger partial charge in [-0.15, -0.1) is 0 Å². The number of hydrogen-bond acceptors (Lipinski definition) is 4. The largest absolute Gasteiger partial charge is 0.352 e. The van der Waals surface area contributed by atoms with Gasteiger partial charge < -0.3 is 10.2 Å². The highest BCUT2D eigenvalue weighted by Crippen LogP contribution is 2.26. The zero-order chi connectivity index (χ0) is 19.6. The van der Waals surface area contributed by atoms with Crippen LogP contribution < -0.4 is 5.32 Å². The molecule has 7 nitrogen and oxygen atoms in total. The van der Waals surface area contributed by atoms with Crippen LogP contribution in [0.15, 0.2) is 18.2 Å². The normalized spacial score (nSPS) is 25.3. The number of rotatable bonds is 4. The van der Waals surface area contributed by atoms with Crippen molar-refractivity contribution in [3.05, 3.63) is 39.4 Å². The Balaban J connectivity index is 1.68. The van der Waals surface area contributed by atoms with Gasteiger partial charge in [-0.3, -0.25) is 19.7 Å². The molecule has 1 saturated carbocycles. The predicted molar refractivity (Wildman–Crippen MR) is 101 cm³/mol. The lowest BCUT2D eigenvalue weighted by molar-refractivity contribution is -0.385. The van der Waals surface area contributed by atoms with Gasteiger partial charge in [0.25, 0.3) is 11.6 Å². The van der Waals surface area contributed by atoms with Crippen LogP contribution in [0.4, 0.5) is 5.69 Å². The molecule has 7 heteroatoms. The number of nitrogens with one attached hydrogen (secondary N) is 1. The molecule has 3 rings (SSSR count). The van der Waals surface area contributed by atoms with Crippen LogP contribution in [0.3, 0.4) is 0 Å². The topological polar surface area (TPSA) is 92.6 Å². The number of amides is 2. The van der Waals surface area contributed by atoms with Crippen molar-refractivity contribution >= 4 is 17.5 Å². The summed E-state index contributed by atoms with van der Waals surface area (Å²) >= 11 is 0. The molecule has 1 aliphatic heterocycles. The van der Waals surface area contributed by atoms with Gasteiger partial charge in [0, 0.05) is 29.8 Å². The summed E-state index contributed by atoms with van der Waals surface area (Å²) in [6, 6.07) is 4.12. The molecule has 1 saturated heterocycles. The van der Waals surface area contributed by atoms with E-state index in [4.69, 9.17) is 0 Å². The van der Waals surface area contributed by atoms with Crippen LogP contribution in [0.2, 0.25) is 0 Å². The van der Waals surface area contributed by atoms with E-state index in [9.17, 15) is 19.7 Å². The van der Waals surface area contributed by atoms with E-state index < -0.39 is 11.0 Å². The van der Waals surface area contributed by atoms with Crippen molar-refractivity contribution in [2.75, 3.05) is 6.54 Å². The maximum atomic E-state index is 12.9. The highest BCUT2D eigenvalue weighted by molar-refractivity contribution is 5.98. The Morgan fingerprint density at radius 2 is 1.89 bits per heavy atom. The van der Waals surface area contributed by atoms with Crippen molar-refractivity contribution in [2.45, 2.75) is 64.5 Å². The van der Waals surface area contributed by atoms with E-state index >= 15 is 0 Å². The van der Waals surface area contributed by atoms with Gasteiger partial charge in [-0.25, -0.2) is 0 Å². The molecule has 0 radical (unpaired) electrons. The number of nitro benzene ring substituents is 1. The third-order valence-corrected chi connectivity index (χ3v) is 5.82. The molecule has 27 heavy (non-hydrogen) atoms. The summed E-state index contributed by atoms with van der Waals surface area (Å²) in [5.74, 6) is 0.412. The molecule has 1 atom stereocenters. The number of likely N-dealkylation sites (tertiary alicyclic amines) is 1. The van der Waals surface area contributed by atoms with Gasteiger partial charge in [0.2, 0.25) is 5.91 Å². The Morgan fingerprint density at radius 3 is 2.52 bits per heavy atom. The van der Waals surface area contributed by atoms with Crippen molar-refractivity contribution in [2.24, 2.45) is 5.92 Å². The van der Waals surface area contributed by atoms with Gasteiger partial charge in [-0.05, 0) is 63.5 Å². The van der Waals surface area contributed by atoms with E-state index in [1.165, 1.54) is 18.2 Å². The molecule has 1 aliphatic carbocycles. The molecule has 0 bridgehead atoms. The number of carbonyl (C=O) groups is 2. The Hall–Kier alpha value is -2.44. The Labute approximate surface area is 159 Å². The summed E-state index contributed by atoms with van der Waals surface area (Å²) in [5, 5.41) is 14.1. The van der Waals surface area contributed by atoms with Gasteiger partial charge >= 0.3 is 0 Å². The van der Waals surface area contributed by atoms with Gasteiger partial charge in [0.15, 0.2) is 0 Å². The first-order valence-corrected chi connectivity index (χ1v) is 9.73. The third-order valence-electron chi connectivity index (χ3n) is 5.82. The van der Waals surface area contributed by atoms with Crippen LogP contribution in [0.1, 0.15) is 61.4 Å². The molecule has 0 spiro atoms. The maximum Gasteiger partial charge on any atom is 0.272 e. The lowest BCUT2D eigenvalue weighted by atomic mass is 9.87. The molecule has 2 amide bonds. The molecule has 2 fully saturated rings. The molecule has 1 aromatic carbocycles. The molecule has 2 aliphatic rings. The van der Waals surface area contributed by atoms with Crippen molar-refractivity contribution in [1.82, 2.24) is 10.2 Å². The molecule has 1 heterocycles. The second-order valence-corrected chi connectivity index (χ2v) is 7.88. The van der Waals surface area contributed by atoms with Crippen LogP contribution in [0.5, 0.6) is 0 Å². The lowest BCUT2D eigenvalue weighted by Gasteiger charge is -2.30. The van der Waals surface area contributed by atoms with E-state index in [1.807, 2.05) is 0 Å². The van der Waals surface area contributed by atoms with E-state index in [-0.39, 0.29) is 23.5 Å². The zero-order valence-electron chi connectivity index (χ0n) is 15.9. The summed E-state index contributed by atoms with van der Waals surface area (Å²) < 4.78 is 0. The maximum absolute atomic E-state index is 12.9. The summed E-state index contributed by atoms with van der Waals surface area (Å²) in [7, 11) is 0. The molecular weight excluding hydrogens is 346 g/mol. The molecule has 1 aromatic rings. The monoisotopic (exact) mass is 373 g/mol. The second kappa shape index (κ2) is 8.06.